The van der Waals surface area contributed by atoms with E-state index in [2.05, 4.69) is 11.6 Å². The van der Waals surface area contributed by atoms with E-state index in [1.54, 1.807) is 0 Å². The molecule has 72 valence electrons. The highest BCUT2D eigenvalue weighted by Crippen LogP contribution is 2.17. The summed E-state index contributed by atoms with van der Waals surface area (Å²) in [6.07, 6.45) is 10.7. The van der Waals surface area contributed by atoms with Gasteiger partial charge in [-0.3, -0.25) is 0 Å². The van der Waals surface area contributed by atoms with E-state index in [4.69, 9.17) is 0 Å². The van der Waals surface area contributed by atoms with Crippen molar-refractivity contribution >= 4 is 11.8 Å². The van der Waals surface area contributed by atoms with Crippen LogP contribution < -0.4 is 5.32 Å². The molecular weight excluding hydrogens is 166 g/mol. The van der Waals surface area contributed by atoms with Crippen molar-refractivity contribution in [1.82, 2.24) is 5.32 Å². The Hall–Kier alpha value is 0.310. The molecule has 1 fully saturated rings. The van der Waals surface area contributed by atoms with Crippen LogP contribution in [0.5, 0.6) is 0 Å². The maximum Gasteiger partial charge on any atom is 0.00670 e. The molecular formula is C10H21NS. The smallest absolute Gasteiger partial charge is 0.00670 e. The first-order valence-corrected chi connectivity index (χ1v) is 6.55. The zero-order chi connectivity index (χ0) is 8.65. The summed E-state index contributed by atoms with van der Waals surface area (Å²) in [5.74, 6) is 1.33. The van der Waals surface area contributed by atoms with E-state index in [0.29, 0.717) is 0 Å². The molecule has 0 amide bonds. The second kappa shape index (κ2) is 6.79. The van der Waals surface area contributed by atoms with Gasteiger partial charge in [-0.25, -0.2) is 0 Å². The van der Waals surface area contributed by atoms with Crippen molar-refractivity contribution in [1.29, 1.82) is 0 Å². The lowest BCUT2D eigenvalue weighted by molar-refractivity contribution is 0.513. The Balaban J connectivity index is 1.81. The minimum Gasteiger partial charge on any atom is -0.314 e. The topological polar surface area (TPSA) is 12.0 Å². The zero-order valence-electron chi connectivity index (χ0n) is 8.14. The molecule has 0 aromatic rings. The van der Waals surface area contributed by atoms with Crippen LogP contribution in [0.1, 0.15) is 38.5 Å². The molecule has 0 bridgehead atoms. The van der Waals surface area contributed by atoms with Crippen LogP contribution in [0.25, 0.3) is 0 Å². The van der Waals surface area contributed by atoms with Crippen LogP contribution in [0, 0.1) is 0 Å². The molecule has 1 saturated carbocycles. The molecule has 0 heterocycles. The van der Waals surface area contributed by atoms with Gasteiger partial charge in [0.15, 0.2) is 0 Å². The molecule has 0 aromatic carbocycles. The molecule has 0 aromatic heterocycles. The van der Waals surface area contributed by atoms with Gasteiger partial charge in [-0.05, 0) is 44.2 Å². The molecule has 0 radical (unpaired) electrons. The van der Waals surface area contributed by atoms with Gasteiger partial charge < -0.3 is 5.32 Å². The first kappa shape index (κ1) is 10.4. The van der Waals surface area contributed by atoms with Crippen molar-refractivity contribution in [3.8, 4) is 0 Å². The van der Waals surface area contributed by atoms with Gasteiger partial charge in [0.2, 0.25) is 0 Å². The number of rotatable bonds is 6. The normalized spacial score (nSPS) is 18.8. The first-order valence-electron chi connectivity index (χ1n) is 5.16. The SMILES string of the molecule is CSCCCCNC1CCCC1. The van der Waals surface area contributed by atoms with Crippen molar-refractivity contribution in [2.24, 2.45) is 0 Å². The maximum atomic E-state index is 3.63. The quantitative estimate of drug-likeness (QED) is 0.642. The van der Waals surface area contributed by atoms with Crippen molar-refractivity contribution in [2.45, 2.75) is 44.6 Å². The Morgan fingerprint density at radius 1 is 1.25 bits per heavy atom. The molecule has 0 spiro atoms. The fourth-order valence-corrected chi connectivity index (χ4v) is 2.30. The van der Waals surface area contributed by atoms with Gasteiger partial charge >= 0.3 is 0 Å². The Morgan fingerprint density at radius 2 is 2.00 bits per heavy atom. The predicted octanol–water partition coefficient (Wildman–Crippen LogP) is 2.66. The number of nitrogens with one attached hydrogen (secondary N) is 1. The summed E-state index contributed by atoms with van der Waals surface area (Å²) in [7, 11) is 0. The van der Waals surface area contributed by atoms with Gasteiger partial charge in [-0.15, -0.1) is 0 Å². The average Bonchev–Trinajstić information content (AvgIpc) is 2.57. The second-order valence-electron chi connectivity index (χ2n) is 3.64. The van der Waals surface area contributed by atoms with Crippen LogP contribution in [0.3, 0.4) is 0 Å². The van der Waals surface area contributed by atoms with Crippen molar-refractivity contribution < 1.29 is 0 Å². The minimum absolute atomic E-state index is 0.860. The molecule has 1 nitrogen and oxygen atoms in total. The largest absolute Gasteiger partial charge is 0.314 e. The Kier molecular flexibility index (Phi) is 5.88. The highest BCUT2D eigenvalue weighted by Gasteiger charge is 2.12. The first-order chi connectivity index (χ1) is 5.93. The molecule has 1 N–H and O–H groups in total. The minimum atomic E-state index is 0.860. The van der Waals surface area contributed by atoms with Crippen molar-refractivity contribution in [3.63, 3.8) is 0 Å². The number of hydrogen-bond acceptors (Lipinski definition) is 2. The van der Waals surface area contributed by atoms with Crippen LogP contribution >= 0.6 is 11.8 Å². The number of thioether (sulfide) groups is 1. The standard InChI is InChI=1S/C10H21NS/c1-12-9-5-4-8-11-10-6-2-3-7-10/h10-11H,2-9H2,1H3. The van der Waals surface area contributed by atoms with Gasteiger partial charge in [0.25, 0.3) is 0 Å². The third kappa shape index (κ3) is 4.36. The lowest BCUT2D eigenvalue weighted by Crippen LogP contribution is -2.26. The molecule has 2 heteroatoms. The molecule has 0 saturated heterocycles. The molecule has 1 rings (SSSR count). The number of hydrogen-bond donors (Lipinski definition) is 1. The Bertz CT molecular complexity index is 100. The summed E-state index contributed by atoms with van der Waals surface area (Å²) in [6.45, 7) is 1.24. The summed E-state index contributed by atoms with van der Waals surface area (Å²) in [6, 6.07) is 0.860. The van der Waals surface area contributed by atoms with E-state index in [1.807, 2.05) is 11.8 Å². The van der Waals surface area contributed by atoms with Crippen molar-refractivity contribution in [3.05, 3.63) is 0 Å². The maximum absolute atomic E-state index is 3.63. The fourth-order valence-electron chi connectivity index (χ4n) is 1.81. The second-order valence-corrected chi connectivity index (χ2v) is 4.62. The summed E-state index contributed by atoms with van der Waals surface area (Å²) in [5.41, 5.74) is 0. The zero-order valence-corrected chi connectivity index (χ0v) is 8.96. The molecule has 0 aliphatic heterocycles. The van der Waals surface area contributed by atoms with Crippen LogP contribution in [-0.4, -0.2) is 24.6 Å². The lowest BCUT2D eigenvalue weighted by Gasteiger charge is -2.10. The highest BCUT2D eigenvalue weighted by molar-refractivity contribution is 7.98. The van der Waals surface area contributed by atoms with Gasteiger partial charge in [-0.2, -0.15) is 11.8 Å². The van der Waals surface area contributed by atoms with Crippen LogP contribution in [-0.2, 0) is 0 Å². The highest BCUT2D eigenvalue weighted by atomic mass is 32.2. The lowest BCUT2D eigenvalue weighted by atomic mass is 10.2. The monoisotopic (exact) mass is 187 g/mol. The third-order valence-corrected chi connectivity index (χ3v) is 3.26. The van der Waals surface area contributed by atoms with Gasteiger partial charge in [0, 0.05) is 6.04 Å². The van der Waals surface area contributed by atoms with E-state index >= 15 is 0 Å². The van der Waals surface area contributed by atoms with E-state index < -0.39 is 0 Å². The van der Waals surface area contributed by atoms with Crippen LogP contribution in [0.2, 0.25) is 0 Å². The van der Waals surface area contributed by atoms with E-state index in [9.17, 15) is 0 Å². The van der Waals surface area contributed by atoms with Gasteiger partial charge in [-0.1, -0.05) is 12.8 Å². The van der Waals surface area contributed by atoms with Gasteiger partial charge in [0.05, 0.1) is 0 Å². The fraction of sp³-hybridized carbons (Fsp3) is 1.00. The molecule has 1 aliphatic carbocycles. The average molecular weight is 187 g/mol. The van der Waals surface area contributed by atoms with Crippen molar-refractivity contribution in [2.75, 3.05) is 18.6 Å². The Labute approximate surface area is 80.7 Å². The summed E-state index contributed by atoms with van der Waals surface area (Å²) >= 11 is 1.96. The molecule has 1 aliphatic rings. The van der Waals surface area contributed by atoms with Crippen LogP contribution in [0.15, 0.2) is 0 Å². The van der Waals surface area contributed by atoms with E-state index in [-0.39, 0.29) is 0 Å². The van der Waals surface area contributed by atoms with E-state index in [0.717, 1.165) is 6.04 Å². The third-order valence-electron chi connectivity index (χ3n) is 2.56. The van der Waals surface area contributed by atoms with Crippen LogP contribution in [0.4, 0.5) is 0 Å². The predicted molar refractivity (Wildman–Crippen MR) is 57.9 cm³/mol. The summed E-state index contributed by atoms with van der Waals surface area (Å²) < 4.78 is 0. The molecule has 0 unspecified atom stereocenters. The summed E-state index contributed by atoms with van der Waals surface area (Å²) in [5, 5.41) is 3.63. The summed E-state index contributed by atoms with van der Waals surface area (Å²) in [4.78, 5) is 0. The number of unbranched alkanes of at least 4 members (excludes halogenated alkanes) is 1. The molecule has 12 heavy (non-hydrogen) atoms. The van der Waals surface area contributed by atoms with Gasteiger partial charge in [0.1, 0.15) is 0 Å². The molecule has 0 atom stereocenters. The Morgan fingerprint density at radius 3 is 2.67 bits per heavy atom. The van der Waals surface area contributed by atoms with E-state index in [1.165, 1.54) is 50.8 Å².